The molecule has 1 heterocycles. The maximum atomic E-state index is 11.2. The second-order valence-corrected chi connectivity index (χ2v) is 4.30. The zero-order valence-electron chi connectivity index (χ0n) is 9.94. The Balaban J connectivity index is 2.43. The van der Waals surface area contributed by atoms with Gasteiger partial charge in [-0.05, 0) is 19.1 Å². The highest BCUT2D eigenvalue weighted by Crippen LogP contribution is 2.28. The summed E-state index contributed by atoms with van der Waals surface area (Å²) in [5.74, 6) is -1.07. The maximum Gasteiger partial charge on any atom is 0.339 e. The summed E-state index contributed by atoms with van der Waals surface area (Å²) in [6.07, 6.45) is 1.78. The van der Waals surface area contributed by atoms with E-state index in [-0.39, 0.29) is 10.6 Å². The Morgan fingerprint density at radius 1 is 1.44 bits per heavy atom. The summed E-state index contributed by atoms with van der Waals surface area (Å²) in [5.41, 5.74) is 2.05. The number of anilines is 2. The van der Waals surface area contributed by atoms with E-state index < -0.39 is 5.97 Å². The van der Waals surface area contributed by atoms with E-state index in [9.17, 15) is 4.79 Å². The summed E-state index contributed by atoms with van der Waals surface area (Å²) >= 11 is 5.89. The van der Waals surface area contributed by atoms with Crippen molar-refractivity contribution in [2.45, 2.75) is 6.92 Å². The van der Waals surface area contributed by atoms with Crippen molar-refractivity contribution < 1.29 is 9.90 Å². The third-order valence-electron chi connectivity index (χ3n) is 2.51. The third kappa shape index (κ3) is 2.31. The minimum Gasteiger partial charge on any atom is -0.478 e. The van der Waals surface area contributed by atoms with E-state index in [2.05, 4.69) is 10.4 Å². The largest absolute Gasteiger partial charge is 0.478 e. The number of aryl methyl sites for hydroxylation is 2. The molecule has 0 spiro atoms. The van der Waals surface area contributed by atoms with Crippen molar-refractivity contribution in [2.24, 2.45) is 7.05 Å². The summed E-state index contributed by atoms with van der Waals surface area (Å²) in [7, 11) is 1.80. The molecule has 2 N–H and O–H groups in total. The molecule has 0 saturated carbocycles. The highest BCUT2D eigenvalue weighted by molar-refractivity contribution is 6.34. The van der Waals surface area contributed by atoms with E-state index in [4.69, 9.17) is 16.7 Å². The number of aromatic carboxylic acids is 1. The van der Waals surface area contributed by atoms with Gasteiger partial charge >= 0.3 is 5.97 Å². The Kier molecular flexibility index (Phi) is 3.25. The SMILES string of the molecule is Cc1nn(C)cc1Nc1cccc(Cl)c1C(=O)O. The van der Waals surface area contributed by atoms with Gasteiger partial charge in [-0.3, -0.25) is 4.68 Å². The minimum atomic E-state index is -1.07. The summed E-state index contributed by atoms with van der Waals surface area (Å²) in [6, 6.07) is 4.91. The van der Waals surface area contributed by atoms with E-state index in [0.29, 0.717) is 5.69 Å². The predicted octanol–water partition coefficient (Wildman–Crippen LogP) is 2.82. The average Bonchev–Trinajstić information content (AvgIpc) is 2.57. The van der Waals surface area contributed by atoms with Crippen molar-refractivity contribution >= 4 is 28.9 Å². The van der Waals surface area contributed by atoms with E-state index in [1.165, 1.54) is 0 Å². The van der Waals surface area contributed by atoms with Gasteiger partial charge in [0.05, 0.1) is 22.1 Å². The van der Waals surface area contributed by atoms with Crippen molar-refractivity contribution in [3.8, 4) is 0 Å². The van der Waals surface area contributed by atoms with Crippen LogP contribution in [0.2, 0.25) is 5.02 Å². The van der Waals surface area contributed by atoms with Crippen LogP contribution in [0.15, 0.2) is 24.4 Å². The standard InChI is InChI=1S/C12H12ClN3O2/c1-7-10(6-16(2)15-7)14-9-5-3-4-8(13)11(9)12(17)18/h3-6,14H,1-2H3,(H,17,18). The van der Waals surface area contributed by atoms with Crippen molar-refractivity contribution in [2.75, 3.05) is 5.32 Å². The lowest BCUT2D eigenvalue weighted by atomic mass is 10.1. The maximum absolute atomic E-state index is 11.2. The molecule has 6 heteroatoms. The second kappa shape index (κ2) is 4.70. The van der Waals surface area contributed by atoms with Crippen LogP contribution in [-0.2, 0) is 7.05 Å². The van der Waals surface area contributed by atoms with Gasteiger partial charge in [0.2, 0.25) is 0 Å². The number of nitrogens with one attached hydrogen (secondary N) is 1. The van der Waals surface area contributed by atoms with Gasteiger partial charge in [-0.15, -0.1) is 0 Å². The smallest absolute Gasteiger partial charge is 0.339 e. The third-order valence-corrected chi connectivity index (χ3v) is 2.83. The van der Waals surface area contributed by atoms with E-state index in [1.807, 2.05) is 6.92 Å². The van der Waals surface area contributed by atoms with Gasteiger partial charge in [0.15, 0.2) is 0 Å². The molecular formula is C12H12ClN3O2. The molecule has 0 radical (unpaired) electrons. The molecule has 0 amide bonds. The highest BCUT2D eigenvalue weighted by atomic mass is 35.5. The number of halogens is 1. The van der Waals surface area contributed by atoms with E-state index in [0.717, 1.165) is 11.4 Å². The number of aromatic nitrogens is 2. The molecule has 1 aromatic carbocycles. The quantitative estimate of drug-likeness (QED) is 0.895. The van der Waals surface area contributed by atoms with Crippen LogP contribution in [-0.4, -0.2) is 20.9 Å². The molecule has 2 rings (SSSR count). The molecule has 0 fully saturated rings. The molecule has 1 aromatic heterocycles. The fourth-order valence-electron chi connectivity index (χ4n) is 1.71. The Bertz CT molecular complexity index is 607. The Labute approximate surface area is 109 Å². The van der Waals surface area contributed by atoms with Crippen LogP contribution < -0.4 is 5.32 Å². The van der Waals surface area contributed by atoms with Crippen molar-refractivity contribution in [3.63, 3.8) is 0 Å². The van der Waals surface area contributed by atoms with Crippen LogP contribution >= 0.6 is 11.6 Å². The minimum absolute atomic E-state index is 0.0578. The van der Waals surface area contributed by atoms with Crippen molar-refractivity contribution in [3.05, 3.63) is 40.7 Å². The Hall–Kier alpha value is -2.01. The number of nitrogens with zero attached hydrogens (tertiary/aromatic N) is 2. The number of rotatable bonds is 3. The first-order chi connectivity index (χ1) is 8.49. The summed E-state index contributed by atoms with van der Waals surface area (Å²) < 4.78 is 1.66. The Morgan fingerprint density at radius 2 is 2.17 bits per heavy atom. The Morgan fingerprint density at radius 3 is 2.72 bits per heavy atom. The van der Waals surface area contributed by atoms with Gasteiger partial charge in [0.25, 0.3) is 0 Å². The zero-order valence-corrected chi connectivity index (χ0v) is 10.7. The number of benzene rings is 1. The van der Waals surface area contributed by atoms with Gasteiger partial charge in [-0.2, -0.15) is 5.10 Å². The average molecular weight is 266 g/mol. The number of carbonyl (C=O) groups is 1. The predicted molar refractivity (Wildman–Crippen MR) is 69.6 cm³/mol. The number of hydrogen-bond acceptors (Lipinski definition) is 3. The molecule has 0 saturated heterocycles. The topological polar surface area (TPSA) is 67.2 Å². The van der Waals surface area contributed by atoms with E-state index >= 15 is 0 Å². The van der Waals surface area contributed by atoms with E-state index in [1.54, 1.807) is 36.1 Å². The van der Waals surface area contributed by atoms with Crippen LogP contribution in [0.1, 0.15) is 16.1 Å². The molecule has 2 aromatic rings. The van der Waals surface area contributed by atoms with Crippen molar-refractivity contribution in [1.29, 1.82) is 0 Å². The van der Waals surface area contributed by atoms with Gasteiger partial charge in [-0.25, -0.2) is 4.79 Å². The zero-order chi connectivity index (χ0) is 13.3. The molecule has 0 aliphatic rings. The molecule has 0 bridgehead atoms. The second-order valence-electron chi connectivity index (χ2n) is 3.89. The van der Waals surface area contributed by atoms with Crippen molar-refractivity contribution in [1.82, 2.24) is 9.78 Å². The van der Waals surface area contributed by atoms with Crippen LogP contribution in [0.25, 0.3) is 0 Å². The molecule has 18 heavy (non-hydrogen) atoms. The summed E-state index contributed by atoms with van der Waals surface area (Å²) in [4.78, 5) is 11.2. The lowest BCUT2D eigenvalue weighted by Crippen LogP contribution is -2.03. The number of carboxylic acids is 1. The first kappa shape index (κ1) is 12.4. The molecule has 0 unspecified atom stereocenters. The lowest BCUT2D eigenvalue weighted by molar-refractivity contribution is 0.0698. The van der Waals surface area contributed by atoms with Gasteiger partial charge in [0, 0.05) is 13.2 Å². The van der Waals surface area contributed by atoms with Gasteiger partial charge < -0.3 is 10.4 Å². The fourth-order valence-corrected chi connectivity index (χ4v) is 1.97. The number of hydrogen-bond donors (Lipinski definition) is 2. The van der Waals surface area contributed by atoms with Crippen LogP contribution in [0, 0.1) is 6.92 Å². The summed E-state index contributed by atoms with van der Waals surface area (Å²) in [6.45, 7) is 1.84. The molecular weight excluding hydrogens is 254 g/mol. The molecule has 0 aliphatic carbocycles. The molecule has 5 nitrogen and oxygen atoms in total. The van der Waals surface area contributed by atoms with Crippen LogP contribution in [0.5, 0.6) is 0 Å². The van der Waals surface area contributed by atoms with Gasteiger partial charge in [0.1, 0.15) is 5.56 Å². The van der Waals surface area contributed by atoms with Crippen LogP contribution in [0.3, 0.4) is 0 Å². The molecule has 94 valence electrons. The first-order valence-electron chi connectivity index (χ1n) is 5.28. The molecule has 0 aliphatic heterocycles. The van der Waals surface area contributed by atoms with Gasteiger partial charge in [-0.1, -0.05) is 17.7 Å². The number of carboxylic acid groups (broad SMARTS) is 1. The monoisotopic (exact) mass is 265 g/mol. The molecule has 0 atom stereocenters. The fraction of sp³-hybridized carbons (Fsp3) is 0.167. The lowest BCUT2D eigenvalue weighted by Gasteiger charge is -2.09. The highest BCUT2D eigenvalue weighted by Gasteiger charge is 2.15. The summed E-state index contributed by atoms with van der Waals surface area (Å²) in [5, 5.41) is 16.6. The van der Waals surface area contributed by atoms with Crippen LogP contribution in [0.4, 0.5) is 11.4 Å². The first-order valence-corrected chi connectivity index (χ1v) is 5.66. The normalized spacial score (nSPS) is 10.4.